The number of aromatic nitrogens is 2. The van der Waals surface area contributed by atoms with E-state index in [9.17, 15) is 4.79 Å². The summed E-state index contributed by atoms with van der Waals surface area (Å²) in [5, 5.41) is 7.27. The number of ether oxygens (including phenoxy) is 1. The summed E-state index contributed by atoms with van der Waals surface area (Å²) in [5.41, 5.74) is 2.39. The Morgan fingerprint density at radius 2 is 1.83 bits per heavy atom. The van der Waals surface area contributed by atoms with Gasteiger partial charge in [0.2, 0.25) is 5.82 Å². The van der Waals surface area contributed by atoms with E-state index in [1.807, 2.05) is 30.3 Å². The molecule has 1 amide bonds. The molecule has 0 aliphatic carbocycles. The molecule has 0 spiro atoms. The van der Waals surface area contributed by atoms with Gasteiger partial charge in [-0.15, -0.1) is 0 Å². The van der Waals surface area contributed by atoms with Crippen molar-refractivity contribution < 1.29 is 14.1 Å². The molecule has 1 aromatic heterocycles. The summed E-state index contributed by atoms with van der Waals surface area (Å²) in [5.74, 6) is 1.11. The van der Waals surface area contributed by atoms with Gasteiger partial charge in [0.05, 0.1) is 23.3 Å². The van der Waals surface area contributed by atoms with Crippen LogP contribution in [0.1, 0.15) is 10.4 Å². The van der Waals surface area contributed by atoms with E-state index in [0.717, 1.165) is 5.56 Å². The van der Waals surface area contributed by atoms with E-state index in [-0.39, 0.29) is 5.91 Å². The van der Waals surface area contributed by atoms with Crippen LogP contribution < -0.4 is 10.1 Å². The lowest BCUT2D eigenvalue weighted by molar-refractivity contribution is 0.102. The van der Waals surface area contributed by atoms with Crippen molar-refractivity contribution in [3.05, 3.63) is 83.4 Å². The zero-order valence-corrected chi connectivity index (χ0v) is 16.2. The second kappa shape index (κ2) is 8.16. The second-order valence-electron chi connectivity index (χ2n) is 6.14. The lowest BCUT2D eigenvalue weighted by Gasteiger charge is -2.07. The van der Waals surface area contributed by atoms with Crippen LogP contribution in [0.25, 0.3) is 22.8 Å². The summed E-state index contributed by atoms with van der Waals surface area (Å²) in [6.07, 6.45) is 0. The van der Waals surface area contributed by atoms with Gasteiger partial charge < -0.3 is 14.6 Å². The Hall–Kier alpha value is -3.64. The van der Waals surface area contributed by atoms with Gasteiger partial charge in [-0.1, -0.05) is 47.1 Å². The molecule has 4 aromatic rings. The van der Waals surface area contributed by atoms with Crippen molar-refractivity contribution in [3.8, 4) is 28.6 Å². The number of para-hydroxylation sites is 1. The highest BCUT2D eigenvalue weighted by molar-refractivity contribution is 6.34. The quantitative estimate of drug-likeness (QED) is 0.486. The standard InChI is InChI=1S/C22H16ClN3O3/c1-28-19-12-5-3-10-17(19)20-25-22(29-26-20)14-7-6-8-15(13-14)24-21(27)16-9-2-4-11-18(16)23/h2-13H,1H3,(H,24,27). The number of methoxy groups -OCH3 is 1. The lowest BCUT2D eigenvalue weighted by atomic mass is 10.1. The minimum absolute atomic E-state index is 0.298. The van der Waals surface area contributed by atoms with Crippen LogP contribution in [0.4, 0.5) is 5.69 Å². The van der Waals surface area contributed by atoms with Gasteiger partial charge in [0.1, 0.15) is 5.75 Å². The van der Waals surface area contributed by atoms with E-state index in [0.29, 0.717) is 39.3 Å². The van der Waals surface area contributed by atoms with Crippen molar-refractivity contribution in [3.63, 3.8) is 0 Å². The first-order chi connectivity index (χ1) is 14.2. The highest BCUT2D eigenvalue weighted by Gasteiger charge is 2.15. The Morgan fingerprint density at radius 3 is 2.66 bits per heavy atom. The molecule has 6 nitrogen and oxygen atoms in total. The Kier molecular flexibility index (Phi) is 5.27. The number of hydrogen-bond donors (Lipinski definition) is 1. The molecule has 0 atom stereocenters. The minimum atomic E-state index is -0.298. The van der Waals surface area contributed by atoms with E-state index in [2.05, 4.69) is 15.5 Å². The predicted octanol–water partition coefficient (Wildman–Crippen LogP) is 5.32. The first-order valence-electron chi connectivity index (χ1n) is 8.79. The molecule has 4 rings (SSSR count). The SMILES string of the molecule is COc1ccccc1-c1noc(-c2cccc(NC(=O)c3ccccc3Cl)c2)n1. The molecule has 0 bridgehead atoms. The summed E-state index contributed by atoms with van der Waals surface area (Å²) in [6, 6.07) is 21.4. The maximum atomic E-state index is 12.5. The molecule has 0 fully saturated rings. The molecule has 0 saturated carbocycles. The summed E-state index contributed by atoms with van der Waals surface area (Å²) in [6.45, 7) is 0. The Labute approximate surface area is 172 Å². The fourth-order valence-corrected chi connectivity index (χ4v) is 3.07. The number of nitrogens with one attached hydrogen (secondary N) is 1. The molecular weight excluding hydrogens is 390 g/mol. The van der Waals surface area contributed by atoms with Gasteiger partial charge in [0.25, 0.3) is 11.8 Å². The highest BCUT2D eigenvalue weighted by atomic mass is 35.5. The van der Waals surface area contributed by atoms with Gasteiger partial charge in [-0.25, -0.2) is 0 Å². The molecule has 0 aliphatic rings. The topological polar surface area (TPSA) is 77.3 Å². The molecule has 7 heteroatoms. The molecule has 29 heavy (non-hydrogen) atoms. The number of carbonyl (C=O) groups is 1. The van der Waals surface area contributed by atoms with E-state index in [4.69, 9.17) is 20.9 Å². The second-order valence-corrected chi connectivity index (χ2v) is 6.55. The van der Waals surface area contributed by atoms with Crippen LogP contribution in [0.3, 0.4) is 0 Å². The van der Waals surface area contributed by atoms with E-state index in [1.54, 1.807) is 49.6 Å². The van der Waals surface area contributed by atoms with Crippen molar-refractivity contribution in [2.75, 3.05) is 12.4 Å². The maximum absolute atomic E-state index is 12.5. The average Bonchev–Trinajstić information content (AvgIpc) is 3.24. The number of anilines is 1. The monoisotopic (exact) mass is 405 g/mol. The van der Waals surface area contributed by atoms with Gasteiger partial charge in [0.15, 0.2) is 0 Å². The van der Waals surface area contributed by atoms with E-state index >= 15 is 0 Å². The molecule has 144 valence electrons. The molecule has 0 aliphatic heterocycles. The Balaban J connectivity index is 1.59. The van der Waals surface area contributed by atoms with Crippen molar-refractivity contribution in [2.45, 2.75) is 0 Å². The highest BCUT2D eigenvalue weighted by Crippen LogP contribution is 2.30. The Morgan fingerprint density at radius 1 is 1.03 bits per heavy atom. The van der Waals surface area contributed by atoms with Gasteiger partial charge in [-0.2, -0.15) is 4.98 Å². The minimum Gasteiger partial charge on any atom is -0.496 e. The fraction of sp³-hybridized carbons (Fsp3) is 0.0455. The molecule has 1 N–H and O–H groups in total. The molecule has 0 unspecified atom stereocenters. The zero-order chi connectivity index (χ0) is 20.2. The third-order valence-corrected chi connectivity index (χ3v) is 4.59. The molecule has 1 heterocycles. The van der Waals surface area contributed by atoms with Crippen molar-refractivity contribution in [2.24, 2.45) is 0 Å². The largest absolute Gasteiger partial charge is 0.496 e. The smallest absolute Gasteiger partial charge is 0.258 e. The normalized spacial score (nSPS) is 10.6. The van der Waals surface area contributed by atoms with Gasteiger partial charge in [-0.3, -0.25) is 4.79 Å². The van der Waals surface area contributed by atoms with E-state index in [1.165, 1.54) is 0 Å². The van der Waals surface area contributed by atoms with Crippen LogP contribution in [-0.2, 0) is 0 Å². The van der Waals surface area contributed by atoms with Crippen LogP contribution in [0.2, 0.25) is 5.02 Å². The first-order valence-corrected chi connectivity index (χ1v) is 9.17. The van der Waals surface area contributed by atoms with Gasteiger partial charge >= 0.3 is 0 Å². The van der Waals surface area contributed by atoms with Gasteiger partial charge in [0, 0.05) is 11.3 Å². The number of nitrogens with zero attached hydrogens (tertiary/aromatic N) is 2. The third-order valence-electron chi connectivity index (χ3n) is 4.26. The number of amides is 1. The lowest BCUT2D eigenvalue weighted by Crippen LogP contribution is -2.12. The predicted molar refractivity (Wildman–Crippen MR) is 111 cm³/mol. The number of carbonyl (C=O) groups excluding carboxylic acids is 1. The summed E-state index contributed by atoms with van der Waals surface area (Å²) in [7, 11) is 1.59. The fourth-order valence-electron chi connectivity index (χ4n) is 2.85. The zero-order valence-electron chi connectivity index (χ0n) is 15.4. The van der Waals surface area contributed by atoms with Crippen molar-refractivity contribution in [1.29, 1.82) is 0 Å². The number of hydrogen-bond acceptors (Lipinski definition) is 5. The number of halogens is 1. The van der Waals surface area contributed by atoms with Crippen LogP contribution >= 0.6 is 11.6 Å². The number of benzene rings is 3. The van der Waals surface area contributed by atoms with Crippen LogP contribution in [-0.4, -0.2) is 23.2 Å². The molecule has 3 aromatic carbocycles. The summed E-state index contributed by atoms with van der Waals surface area (Å²) >= 11 is 6.09. The summed E-state index contributed by atoms with van der Waals surface area (Å²) in [4.78, 5) is 16.9. The van der Waals surface area contributed by atoms with Crippen molar-refractivity contribution >= 4 is 23.2 Å². The molecule has 0 radical (unpaired) electrons. The van der Waals surface area contributed by atoms with E-state index < -0.39 is 0 Å². The molecule has 0 saturated heterocycles. The number of rotatable bonds is 5. The average molecular weight is 406 g/mol. The summed E-state index contributed by atoms with van der Waals surface area (Å²) < 4.78 is 10.8. The van der Waals surface area contributed by atoms with Crippen molar-refractivity contribution in [1.82, 2.24) is 10.1 Å². The Bertz CT molecular complexity index is 1170. The molecular formula is C22H16ClN3O3. The maximum Gasteiger partial charge on any atom is 0.258 e. The first kappa shape index (κ1) is 18.7. The van der Waals surface area contributed by atoms with Crippen LogP contribution in [0.5, 0.6) is 5.75 Å². The van der Waals surface area contributed by atoms with Gasteiger partial charge in [-0.05, 0) is 42.5 Å². The third kappa shape index (κ3) is 3.97. The van der Waals surface area contributed by atoms with Crippen LogP contribution in [0, 0.1) is 0 Å². The van der Waals surface area contributed by atoms with Crippen LogP contribution in [0.15, 0.2) is 77.3 Å².